The summed E-state index contributed by atoms with van der Waals surface area (Å²) in [6.07, 6.45) is -0.0869. The van der Waals surface area contributed by atoms with Crippen molar-refractivity contribution in [1.29, 1.82) is 0 Å². The van der Waals surface area contributed by atoms with Gasteiger partial charge < -0.3 is 0 Å². The van der Waals surface area contributed by atoms with Gasteiger partial charge in [-0.3, -0.25) is 9.69 Å². The van der Waals surface area contributed by atoms with Gasteiger partial charge in [0.15, 0.2) is 5.13 Å². The summed E-state index contributed by atoms with van der Waals surface area (Å²) in [6, 6.07) is 1.93. The van der Waals surface area contributed by atoms with Crippen LogP contribution in [0.3, 0.4) is 0 Å². The fourth-order valence-corrected chi connectivity index (χ4v) is 5.23. The molecular weight excluding hydrogens is 398 g/mol. The molecule has 0 aliphatic carbocycles. The number of nitrogens with two attached hydrogens (primary N) is 1. The summed E-state index contributed by atoms with van der Waals surface area (Å²) < 4.78 is 23.7. The zero-order chi connectivity index (χ0) is 15.2. The lowest BCUT2D eigenvalue weighted by Crippen LogP contribution is -2.32. The molecule has 0 radical (unpaired) electrons. The number of thiophene rings is 1. The van der Waals surface area contributed by atoms with Crippen molar-refractivity contribution in [2.45, 2.75) is 11.7 Å². The molecule has 0 bridgehead atoms. The third-order valence-corrected chi connectivity index (χ3v) is 7.10. The van der Waals surface area contributed by atoms with Crippen molar-refractivity contribution in [3.8, 4) is 10.6 Å². The van der Waals surface area contributed by atoms with Crippen LogP contribution in [0.25, 0.3) is 10.6 Å². The molecule has 6 nitrogen and oxygen atoms in total. The normalized spacial score (nSPS) is 19.4. The summed E-state index contributed by atoms with van der Waals surface area (Å²) in [4.78, 5) is 18.8. The molecule has 0 spiro atoms. The van der Waals surface area contributed by atoms with Gasteiger partial charge in [-0.05, 0) is 27.4 Å². The molecule has 1 amide bonds. The SMILES string of the molecule is NS(=O)(=O)C1CC(=O)N(c2nc(-c3sccc3Br)cs2)C1. The maximum absolute atomic E-state index is 12.0. The third kappa shape index (κ3) is 2.90. The highest BCUT2D eigenvalue weighted by Crippen LogP contribution is 2.37. The number of hydrogen-bond donors (Lipinski definition) is 1. The molecule has 2 N–H and O–H groups in total. The molecule has 1 atom stereocenters. The van der Waals surface area contributed by atoms with Crippen molar-refractivity contribution in [3.63, 3.8) is 0 Å². The number of hydrogen-bond acceptors (Lipinski definition) is 6. The lowest BCUT2D eigenvalue weighted by atomic mass is 10.4. The third-order valence-electron chi connectivity index (χ3n) is 3.13. The van der Waals surface area contributed by atoms with E-state index in [1.54, 1.807) is 11.3 Å². The molecule has 1 fully saturated rings. The largest absolute Gasteiger partial charge is 0.287 e. The second kappa shape index (κ2) is 5.43. The molecule has 1 saturated heterocycles. The molecule has 1 aliphatic heterocycles. The predicted molar refractivity (Wildman–Crippen MR) is 87.0 cm³/mol. The minimum Gasteiger partial charge on any atom is -0.287 e. The topological polar surface area (TPSA) is 93.4 Å². The van der Waals surface area contributed by atoms with Crippen LogP contribution in [0.15, 0.2) is 21.3 Å². The number of thiazole rings is 1. The number of carbonyl (C=O) groups is 1. The lowest BCUT2D eigenvalue weighted by molar-refractivity contribution is -0.117. The highest BCUT2D eigenvalue weighted by molar-refractivity contribution is 9.10. The number of nitrogens with zero attached hydrogens (tertiary/aromatic N) is 2. The van der Waals surface area contributed by atoms with E-state index in [1.165, 1.54) is 16.2 Å². The van der Waals surface area contributed by atoms with E-state index in [0.29, 0.717) is 5.13 Å². The van der Waals surface area contributed by atoms with Crippen LogP contribution in [0.5, 0.6) is 0 Å². The van der Waals surface area contributed by atoms with Gasteiger partial charge in [0.1, 0.15) is 5.25 Å². The van der Waals surface area contributed by atoms with Gasteiger partial charge in [-0.2, -0.15) is 0 Å². The number of anilines is 1. The van der Waals surface area contributed by atoms with E-state index >= 15 is 0 Å². The first kappa shape index (κ1) is 15.1. The standard InChI is InChI=1S/C11H10BrN3O3S3/c12-7-1-2-19-10(7)8-5-20-11(14-8)15-4-6(3-9(15)16)21(13,17)18/h1-2,5-6H,3-4H2,(H2,13,17,18). The van der Waals surface area contributed by atoms with Gasteiger partial charge in [0, 0.05) is 22.8 Å². The van der Waals surface area contributed by atoms with Crippen molar-refractivity contribution in [2.24, 2.45) is 5.14 Å². The van der Waals surface area contributed by atoms with Crippen LogP contribution < -0.4 is 10.0 Å². The fraction of sp³-hybridized carbons (Fsp3) is 0.273. The van der Waals surface area contributed by atoms with Gasteiger partial charge in [0.25, 0.3) is 0 Å². The Balaban J connectivity index is 1.88. The second-order valence-corrected chi connectivity index (χ2v) is 8.98. The molecule has 0 saturated carbocycles. The molecule has 3 rings (SSSR count). The van der Waals surface area contributed by atoms with Crippen molar-refractivity contribution in [3.05, 3.63) is 21.3 Å². The van der Waals surface area contributed by atoms with E-state index in [-0.39, 0.29) is 18.9 Å². The van der Waals surface area contributed by atoms with Gasteiger partial charge >= 0.3 is 0 Å². The Morgan fingerprint density at radius 3 is 2.76 bits per heavy atom. The molecule has 21 heavy (non-hydrogen) atoms. The van der Waals surface area contributed by atoms with Crippen molar-refractivity contribution in [2.75, 3.05) is 11.4 Å². The summed E-state index contributed by atoms with van der Waals surface area (Å²) in [5, 5.41) is 8.55. The number of carbonyl (C=O) groups excluding carboxylic acids is 1. The summed E-state index contributed by atoms with van der Waals surface area (Å²) in [5.74, 6) is -0.264. The first-order valence-corrected chi connectivity index (χ1v) is 10.0. The number of sulfonamides is 1. The first-order chi connectivity index (χ1) is 9.86. The van der Waals surface area contributed by atoms with Crippen LogP contribution in [-0.4, -0.2) is 31.1 Å². The Morgan fingerprint density at radius 1 is 1.43 bits per heavy atom. The molecule has 2 aromatic rings. The minimum atomic E-state index is -3.71. The number of amides is 1. The van der Waals surface area contributed by atoms with Crippen LogP contribution in [0.2, 0.25) is 0 Å². The van der Waals surface area contributed by atoms with Gasteiger partial charge in [0.2, 0.25) is 15.9 Å². The van der Waals surface area contributed by atoms with E-state index in [1.807, 2.05) is 16.8 Å². The number of primary sulfonamides is 1. The van der Waals surface area contributed by atoms with Gasteiger partial charge in [0.05, 0.1) is 10.6 Å². The van der Waals surface area contributed by atoms with Gasteiger partial charge in [-0.1, -0.05) is 0 Å². The Labute approximate surface area is 137 Å². The quantitative estimate of drug-likeness (QED) is 0.841. The van der Waals surface area contributed by atoms with Crippen molar-refractivity contribution >= 4 is 59.7 Å². The Bertz CT molecular complexity index is 798. The van der Waals surface area contributed by atoms with Crippen molar-refractivity contribution < 1.29 is 13.2 Å². The van der Waals surface area contributed by atoms with E-state index in [4.69, 9.17) is 5.14 Å². The van der Waals surface area contributed by atoms with Crippen LogP contribution in [0.1, 0.15) is 6.42 Å². The number of rotatable bonds is 3. The average molecular weight is 408 g/mol. The smallest absolute Gasteiger partial charge is 0.230 e. The summed E-state index contributed by atoms with van der Waals surface area (Å²) in [7, 11) is -3.71. The number of aromatic nitrogens is 1. The Hall–Kier alpha value is -0.810. The van der Waals surface area contributed by atoms with Crippen LogP contribution in [0.4, 0.5) is 5.13 Å². The molecule has 2 aromatic heterocycles. The number of halogens is 1. The van der Waals surface area contributed by atoms with Crippen LogP contribution in [-0.2, 0) is 14.8 Å². The second-order valence-electron chi connectivity index (χ2n) is 4.53. The molecule has 10 heteroatoms. The van der Waals surface area contributed by atoms with E-state index in [0.717, 1.165) is 15.0 Å². The van der Waals surface area contributed by atoms with E-state index in [2.05, 4.69) is 20.9 Å². The fourth-order valence-electron chi connectivity index (χ4n) is 2.05. The highest BCUT2D eigenvalue weighted by Gasteiger charge is 2.38. The van der Waals surface area contributed by atoms with Crippen LogP contribution in [0, 0.1) is 0 Å². The molecule has 1 unspecified atom stereocenters. The highest BCUT2D eigenvalue weighted by atomic mass is 79.9. The molecular formula is C11H10BrN3O3S3. The monoisotopic (exact) mass is 407 g/mol. The molecule has 0 aromatic carbocycles. The lowest BCUT2D eigenvalue weighted by Gasteiger charge is -2.11. The molecule has 1 aliphatic rings. The zero-order valence-corrected chi connectivity index (χ0v) is 14.6. The van der Waals surface area contributed by atoms with Gasteiger partial charge in [-0.15, -0.1) is 22.7 Å². The van der Waals surface area contributed by atoms with E-state index in [9.17, 15) is 13.2 Å². The Kier molecular flexibility index (Phi) is 3.91. The Morgan fingerprint density at radius 2 is 2.19 bits per heavy atom. The van der Waals surface area contributed by atoms with Crippen LogP contribution >= 0.6 is 38.6 Å². The van der Waals surface area contributed by atoms with Crippen molar-refractivity contribution in [1.82, 2.24) is 4.98 Å². The summed E-state index contributed by atoms with van der Waals surface area (Å²) >= 11 is 6.30. The minimum absolute atomic E-state index is 0.0657. The molecule has 3 heterocycles. The summed E-state index contributed by atoms with van der Waals surface area (Å²) in [5.41, 5.74) is 0.767. The zero-order valence-electron chi connectivity index (χ0n) is 10.5. The molecule has 112 valence electrons. The predicted octanol–water partition coefficient (Wildman–Crippen LogP) is 2.03. The maximum Gasteiger partial charge on any atom is 0.230 e. The maximum atomic E-state index is 12.0. The first-order valence-electron chi connectivity index (χ1n) is 5.87. The average Bonchev–Trinajstić information content (AvgIpc) is 3.06. The van der Waals surface area contributed by atoms with Gasteiger partial charge in [-0.25, -0.2) is 18.5 Å². The van der Waals surface area contributed by atoms with E-state index < -0.39 is 15.3 Å². The summed E-state index contributed by atoms with van der Waals surface area (Å²) in [6.45, 7) is 0.0657.